The van der Waals surface area contributed by atoms with Crippen LogP contribution in [0.5, 0.6) is 5.75 Å². The van der Waals surface area contributed by atoms with E-state index in [-0.39, 0.29) is 23.7 Å². The Kier molecular flexibility index (Phi) is 16.1. The van der Waals surface area contributed by atoms with Crippen molar-refractivity contribution in [2.75, 3.05) is 6.61 Å². The lowest BCUT2D eigenvalue weighted by molar-refractivity contribution is -0.168. The fourth-order valence-corrected chi connectivity index (χ4v) is 7.58. The van der Waals surface area contributed by atoms with E-state index in [0.717, 1.165) is 65.2 Å². The minimum Gasteiger partial charge on any atom is -0.511 e. The summed E-state index contributed by atoms with van der Waals surface area (Å²) in [5, 5.41) is 19.2. The minimum atomic E-state index is -0.634. The van der Waals surface area contributed by atoms with E-state index in [1.807, 2.05) is 44.2 Å². The first-order chi connectivity index (χ1) is 21.9. The van der Waals surface area contributed by atoms with Gasteiger partial charge in [0.15, 0.2) is 0 Å². The quantitative estimate of drug-likeness (QED) is 0.113. The lowest BCUT2D eigenvalue weighted by Gasteiger charge is -2.44. The van der Waals surface area contributed by atoms with Crippen LogP contribution >= 0.6 is 23.8 Å². The Labute approximate surface area is 286 Å². The van der Waals surface area contributed by atoms with Gasteiger partial charge in [0.05, 0.1) is 18.6 Å². The van der Waals surface area contributed by atoms with Crippen LogP contribution in [0.2, 0.25) is 0 Å². The van der Waals surface area contributed by atoms with Gasteiger partial charge in [-0.05, 0) is 93.2 Å². The number of rotatable bonds is 10. The Morgan fingerprint density at radius 1 is 1.15 bits per heavy atom. The van der Waals surface area contributed by atoms with Gasteiger partial charge in [0.2, 0.25) is 0 Å². The van der Waals surface area contributed by atoms with Crippen molar-refractivity contribution in [2.24, 2.45) is 5.92 Å². The molecule has 0 bridgehead atoms. The number of hydrogen-bond donors (Lipinski definition) is 2. The molecule has 0 spiro atoms. The van der Waals surface area contributed by atoms with E-state index in [0.29, 0.717) is 11.3 Å². The van der Waals surface area contributed by atoms with E-state index >= 15 is 0 Å². The number of thioether (sulfide) groups is 1. The Bertz CT molecular complexity index is 1360. The molecule has 1 fully saturated rings. The van der Waals surface area contributed by atoms with Crippen molar-refractivity contribution in [3.8, 4) is 18.6 Å². The van der Waals surface area contributed by atoms with Crippen LogP contribution in [0.25, 0.3) is 0 Å². The number of esters is 1. The highest BCUT2D eigenvalue weighted by Crippen LogP contribution is 2.49. The zero-order chi connectivity index (χ0) is 34.3. The van der Waals surface area contributed by atoms with Crippen LogP contribution in [-0.4, -0.2) is 28.4 Å². The number of ether oxygens (including phenoxy) is 1. The molecule has 250 valence electrons. The summed E-state index contributed by atoms with van der Waals surface area (Å²) < 4.78 is 12.5. The van der Waals surface area contributed by atoms with E-state index in [1.54, 1.807) is 0 Å². The summed E-state index contributed by atoms with van der Waals surface area (Å²) in [6.07, 6.45) is 19.2. The maximum absolute atomic E-state index is 13.7. The van der Waals surface area contributed by atoms with Crippen molar-refractivity contribution in [1.29, 1.82) is 0 Å². The normalized spacial score (nSPS) is 18.8. The highest BCUT2D eigenvalue weighted by atomic mass is 32.2. The van der Waals surface area contributed by atoms with Gasteiger partial charge in [0, 0.05) is 16.2 Å². The summed E-state index contributed by atoms with van der Waals surface area (Å²) in [6, 6.07) is 14.2. The zero-order valence-corrected chi connectivity index (χ0v) is 30.1. The van der Waals surface area contributed by atoms with Crippen molar-refractivity contribution in [2.45, 2.75) is 114 Å². The number of cyclic esters (lactones) is 1. The summed E-state index contributed by atoms with van der Waals surface area (Å²) in [6.45, 7) is 16.0. The molecule has 1 heterocycles. The van der Waals surface area contributed by atoms with Gasteiger partial charge in [-0.25, -0.2) is 4.79 Å². The van der Waals surface area contributed by atoms with Crippen molar-refractivity contribution in [3.63, 3.8) is 0 Å². The van der Waals surface area contributed by atoms with Crippen LogP contribution in [-0.2, 0) is 14.9 Å². The number of allylic oxidation sites excluding steroid dienone is 2. The molecular formula is C39H52O5S2. The number of carbonyl (C=O) groups excluding carboxylic acids is 1. The molecule has 1 atom stereocenters. The largest absolute Gasteiger partial charge is 0.511 e. The van der Waals surface area contributed by atoms with Gasteiger partial charge in [0.1, 0.15) is 22.0 Å². The maximum Gasteiger partial charge on any atom is 0.349 e. The Morgan fingerprint density at radius 2 is 1.78 bits per heavy atom. The number of aliphatic hydroxyl groups excluding tert-OH is 2. The van der Waals surface area contributed by atoms with Gasteiger partial charge in [-0.3, -0.25) is 0 Å². The van der Waals surface area contributed by atoms with Crippen LogP contribution in [0, 0.1) is 25.7 Å². The van der Waals surface area contributed by atoms with Crippen LogP contribution < -0.4 is 4.18 Å². The van der Waals surface area contributed by atoms with Crippen molar-refractivity contribution >= 4 is 29.8 Å². The molecule has 7 heteroatoms. The third kappa shape index (κ3) is 11.0. The highest BCUT2D eigenvalue weighted by molar-refractivity contribution is 8.04. The molecule has 0 radical (unpaired) electrons. The SMILES string of the molecule is C#C.C/C=C(\C)CCC1(C2CCCCC2)CC(O)=C(Sc2cc(C)c(OSc3ccccc3)cc2C(C)(C)C)C(=O)O1.C=CCO. The number of aryl methyl sites for hydroxylation is 1. The summed E-state index contributed by atoms with van der Waals surface area (Å²) in [5.41, 5.74) is 2.49. The topological polar surface area (TPSA) is 76.0 Å². The third-order valence-corrected chi connectivity index (χ3v) is 10.3. The molecule has 4 rings (SSSR count). The number of terminal acetylenes is 1. The van der Waals surface area contributed by atoms with Gasteiger partial charge in [-0.1, -0.05) is 87.7 Å². The number of benzene rings is 2. The lowest BCUT2D eigenvalue weighted by Crippen LogP contribution is -2.47. The number of carbonyl (C=O) groups is 1. The Morgan fingerprint density at radius 3 is 2.33 bits per heavy atom. The van der Waals surface area contributed by atoms with Gasteiger partial charge in [0.25, 0.3) is 0 Å². The first kappa shape index (κ1) is 39.1. The zero-order valence-electron chi connectivity index (χ0n) is 28.4. The van der Waals surface area contributed by atoms with E-state index in [4.69, 9.17) is 14.0 Å². The molecule has 1 aliphatic heterocycles. The van der Waals surface area contributed by atoms with Gasteiger partial charge in [-0.2, -0.15) is 0 Å². The van der Waals surface area contributed by atoms with Crippen molar-refractivity contribution in [1.82, 2.24) is 0 Å². The predicted molar refractivity (Wildman–Crippen MR) is 194 cm³/mol. The van der Waals surface area contributed by atoms with E-state index in [2.05, 4.69) is 65.3 Å². The third-order valence-electron chi connectivity index (χ3n) is 8.39. The second-order valence-corrected chi connectivity index (χ2v) is 14.7. The molecule has 5 nitrogen and oxygen atoms in total. The monoisotopic (exact) mass is 664 g/mol. The first-order valence-electron chi connectivity index (χ1n) is 16.0. The van der Waals surface area contributed by atoms with Crippen molar-refractivity contribution < 1.29 is 23.9 Å². The van der Waals surface area contributed by atoms with Gasteiger partial charge in [-0.15, -0.1) is 19.4 Å². The van der Waals surface area contributed by atoms with Gasteiger partial charge >= 0.3 is 5.97 Å². The second-order valence-electron chi connectivity index (χ2n) is 12.8. The molecule has 2 aliphatic rings. The van der Waals surface area contributed by atoms with Crippen molar-refractivity contribution in [3.05, 3.63) is 88.6 Å². The second kappa shape index (κ2) is 18.9. The molecule has 2 aromatic rings. The summed E-state index contributed by atoms with van der Waals surface area (Å²) in [4.78, 5) is 15.9. The number of hydrogen-bond acceptors (Lipinski definition) is 7. The summed E-state index contributed by atoms with van der Waals surface area (Å²) in [7, 11) is 0. The standard InChI is InChI=1S/C34H44O4S2.C3H6O.C2H2/c1-7-23(2)18-19-34(25-14-10-8-11-15-25)22-28(35)31(32(36)37-34)39-30-20-24(3)29(21-27(30)33(4,5)6)38-40-26-16-12-9-13-17-26;1-2-3-4;1-2/h7,9,12-13,16-17,20-21,25,35H,8,10-11,14-15,18-19,22H2,1-6H3;2,4H,1,3H2;1-2H/b23-7+;;. The van der Waals surface area contributed by atoms with Crippen LogP contribution in [0.3, 0.4) is 0 Å². The molecule has 0 aromatic heterocycles. The summed E-state index contributed by atoms with van der Waals surface area (Å²) >= 11 is 2.67. The molecule has 1 saturated carbocycles. The highest BCUT2D eigenvalue weighted by Gasteiger charge is 2.47. The van der Waals surface area contributed by atoms with Gasteiger partial charge < -0.3 is 19.1 Å². The molecule has 0 amide bonds. The predicted octanol–water partition coefficient (Wildman–Crippen LogP) is 10.7. The molecule has 2 aromatic carbocycles. The van der Waals surface area contributed by atoms with E-state index in [1.165, 1.54) is 41.9 Å². The fourth-order valence-electron chi connectivity index (χ4n) is 5.70. The Hall–Kier alpha value is -3.05. The molecule has 1 aliphatic carbocycles. The lowest BCUT2D eigenvalue weighted by atomic mass is 9.71. The average Bonchev–Trinajstić information content (AvgIpc) is 3.06. The molecule has 2 N–H and O–H groups in total. The average molecular weight is 665 g/mol. The molecule has 0 saturated heterocycles. The molecule has 46 heavy (non-hydrogen) atoms. The van der Waals surface area contributed by atoms with Crippen LogP contribution in [0.15, 0.2) is 87.2 Å². The number of aliphatic hydroxyl groups is 2. The summed E-state index contributed by atoms with van der Waals surface area (Å²) in [5.74, 6) is 0.857. The molecule has 1 unspecified atom stereocenters. The van der Waals surface area contributed by atoms with E-state index in [9.17, 15) is 9.90 Å². The minimum absolute atomic E-state index is 0.0833. The van der Waals surface area contributed by atoms with Crippen LogP contribution in [0.4, 0.5) is 0 Å². The Balaban J connectivity index is 0.00000114. The van der Waals surface area contributed by atoms with E-state index < -0.39 is 11.6 Å². The molecular weight excluding hydrogens is 613 g/mol. The smallest absolute Gasteiger partial charge is 0.349 e. The first-order valence-corrected chi connectivity index (χ1v) is 17.5. The maximum atomic E-state index is 13.7. The fraction of sp³-hybridized carbons (Fsp3) is 0.462. The van der Waals surface area contributed by atoms with Crippen LogP contribution in [0.1, 0.15) is 97.1 Å².